The summed E-state index contributed by atoms with van der Waals surface area (Å²) in [5, 5.41) is 28.2. The predicted molar refractivity (Wildman–Crippen MR) is 92.8 cm³/mol. The fraction of sp³-hybridized carbons (Fsp3) is 1.00. The molecule has 4 nitrogen and oxygen atoms in total. The van der Waals surface area contributed by atoms with Crippen LogP contribution in [0.5, 0.6) is 0 Å². The maximum atomic E-state index is 9.74. The molecule has 0 aromatic rings. The van der Waals surface area contributed by atoms with Crippen molar-refractivity contribution < 1.29 is 15.3 Å². The van der Waals surface area contributed by atoms with Crippen LogP contribution in [0.3, 0.4) is 0 Å². The van der Waals surface area contributed by atoms with Gasteiger partial charge in [-0.2, -0.15) is 0 Å². The van der Waals surface area contributed by atoms with Crippen molar-refractivity contribution >= 4 is 0 Å². The van der Waals surface area contributed by atoms with Crippen LogP contribution < -0.4 is 5.73 Å². The van der Waals surface area contributed by atoms with Gasteiger partial charge in [0.05, 0.1) is 24.9 Å². The molecule has 5 N–H and O–H groups in total. The molecule has 0 rings (SSSR count). The van der Waals surface area contributed by atoms with Crippen LogP contribution in [-0.4, -0.2) is 40.2 Å². The smallest absolute Gasteiger partial charge is 0.0971 e. The molecular formula is C18H39NO3. The van der Waals surface area contributed by atoms with Crippen molar-refractivity contribution in [1.29, 1.82) is 0 Å². The summed E-state index contributed by atoms with van der Waals surface area (Å²) in [6.07, 6.45) is 14.1. The van der Waals surface area contributed by atoms with Gasteiger partial charge in [-0.3, -0.25) is 0 Å². The lowest BCUT2D eigenvalue weighted by Crippen LogP contribution is -2.45. The normalized spacial score (nSPS) is 15.7. The molecule has 0 aliphatic carbocycles. The Morgan fingerprint density at radius 2 is 1.14 bits per heavy atom. The first-order valence-electron chi connectivity index (χ1n) is 9.36. The molecule has 0 amide bonds. The Balaban J connectivity index is 3.26. The molecule has 0 bridgehead atoms. The Hall–Kier alpha value is -0.160. The fourth-order valence-electron chi connectivity index (χ4n) is 2.76. The molecule has 0 radical (unpaired) electrons. The first kappa shape index (κ1) is 21.8. The van der Waals surface area contributed by atoms with Gasteiger partial charge >= 0.3 is 0 Å². The third-order valence-corrected chi connectivity index (χ3v) is 4.40. The maximum Gasteiger partial charge on any atom is 0.0971 e. The van der Waals surface area contributed by atoms with Gasteiger partial charge in [0.2, 0.25) is 0 Å². The van der Waals surface area contributed by atoms with Gasteiger partial charge in [-0.25, -0.2) is 0 Å². The number of rotatable bonds is 16. The van der Waals surface area contributed by atoms with E-state index >= 15 is 0 Å². The van der Waals surface area contributed by atoms with Gasteiger partial charge in [0.15, 0.2) is 0 Å². The van der Waals surface area contributed by atoms with E-state index in [-0.39, 0.29) is 6.61 Å². The number of hydrogen-bond acceptors (Lipinski definition) is 4. The summed E-state index contributed by atoms with van der Waals surface area (Å²) in [5.41, 5.74) is 5.49. The predicted octanol–water partition coefficient (Wildman–Crippen LogP) is 3.12. The largest absolute Gasteiger partial charge is 0.395 e. The van der Waals surface area contributed by atoms with Crippen molar-refractivity contribution in [2.24, 2.45) is 5.73 Å². The summed E-state index contributed by atoms with van der Waals surface area (Å²) in [6.45, 7) is 1.96. The highest BCUT2D eigenvalue weighted by Crippen LogP contribution is 2.14. The van der Waals surface area contributed by atoms with Crippen LogP contribution in [-0.2, 0) is 0 Å². The highest BCUT2D eigenvalue weighted by molar-refractivity contribution is 4.77. The van der Waals surface area contributed by atoms with E-state index in [0.717, 1.165) is 12.8 Å². The molecule has 0 aliphatic rings. The van der Waals surface area contributed by atoms with Gasteiger partial charge in [0, 0.05) is 0 Å². The molecule has 0 saturated carbocycles. The maximum absolute atomic E-state index is 9.74. The molecule has 0 fully saturated rings. The number of hydrogen-bond donors (Lipinski definition) is 4. The second kappa shape index (κ2) is 15.7. The lowest BCUT2D eigenvalue weighted by molar-refractivity contribution is -0.0121. The molecule has 0 unspecified atom stereocenters. The molecule has 0 aromatic carbocycles. The molecule has 0 saturated heterocycles. The first-order valence-corrected chi connectivity index (χ1v) is 9.36. The Morgan fingerprint density at radius 1 is 0.727 bits per heavy atom. The molecule has 0 spiro atoms. The molecule has 0 aliphatic heterocycles. The number of aliphatic hydroxyl groups excluding tert-OH is 3. The lowest BCUT2D eigenvalue weighted by Gasteiger charge is -2.22. The summed E-state index contributed by atoms with van der Waals surface area (Å²) in [5.74, 6) is 0. The second-order valence-electron chi connectivity index (χ2n) is 6.58. The SMILES string of the molecule is CCCCCCCCCCCCCC[C@H](O)[C@@H](O)[C@@H](N)CO. The van der Waals surface area contributed by atoms with Crippen molar-refractivity contribution in [2.45, 2.75) is 109 Å². The lowest BCUT2D eigenvalue weighted by atomic mass is 10.00. The number of nitrogens with two attached hydrogens (primary N) is 1. The van der Waals surface area contributed by atoms with E-state index in [4.69, 9.17) is 10.8 Å². The summed E-state index contributed by atoms with van der Waals surface area (Å²) in [7, 11) is 0. The van der Waals surface area contributed by atoms with Gasteiger partial charge in [-0.05, 0) is 6.42 Å². The Labute approximate surface area is 137 Å². The van der Waals surface area contributed by atoms with Gasteiger partial charge in [0.25, 0.3) is 0 Å². The average Bonchev–Trinajstić information content (AvgIpc) is 2.54. The molecule has 3 atom stereocenters. The van der Waals surface area contributed by atoms with Crippen molar-refractivity contribution in [1.82, 2.24) is 0 Å². The van der Waals surface area contributed by atoms with E-state index in [0.29, 0.717) is 6.42 Å². The second-order valence-corrected chi connectivity index (χ2v) is 6.58. The summed E-state index contributed by atoms with van der Waals surface area (Å²) >= 11 is 0. The third-order valence-electron chi connectivity index (χ3n) is 4.40. The van der Waals surface area contributed by atoms with E-state index in [9.17, 15) is 10.2 Å². The summed E-state index contributed by atoms with van der Waals surface area (Å²) in [4.78, 5) is 0. The minimum Gasteiger partial charge on any atom is -0.395 e. The monoisotopic (exact) mass is 317 g/mol. The average molecular weight is 318 g/mol. The van der Waals surface area contributed by atoms with Crippen LogP contribution in [0.15, 0.2) is 0 Å². The molecule has 22 heavy (non-hydrogen) atoms. The molecule has 4 heteroatoms. The van der Waals surface area contributed by atoms with Gasteiger partial charge in [-0.15, -0.1) is 0 Å². The van der Waals surface area contributed by atoms with Crippen molar-refractivity contribution in [3.63, 3.8) is 0 Å². The first-order chi connectivity index (χ1) is 10.6. The minimum absolute atomic E-state index is 0.295. The van der Waals surface area contributed by atoms with Crippen LogP contribution in [0.2, 0.25) is 0 Å². The van der Waals surface area contributed by atoms with E-state index in [2.05, 4.69) is 6.92 Å². The van der Waals surface area contributed by atoms with E-state index in [1.165, 1.54) is 64.2 Å². The van der Waals surface area contributed by atoms with Crippen LogP contribution in [0.4, 0.5) is 0 Å². The molecule has 134 valence electrons. The Kier molecular flexibility index (Phi) is 15.6. The number of unbranched alkanes of at least 4 members (excludes halogenated alkanes) is 11. The van der Waals surface area contributed by atoms with Crippen molar-refractivity contribution in [3.8, 4) is 0 Å². The standard InChI is InChI=1S/C18H39NO3/c1-2-3-4-5-6-7-8-9-10-11-12-13-14-17(21)18(22)16(19)15-20/h16-18,20-22H,2-15,19H2,1H3/t16-,17-,18-/m0/s1. The van der Waals surface area contributed by atoms with Gasteiger partial charge < -0.3 is 21.1 Å². The van der Waals surface area contributed by atoms with Gasteiger partial charge in [0.1, 0.15) is 0 Å². The van der Waals surface area contributed by atoms with Gasteiger partial charge in [-0.1, -0.05) is 84.0 Å². The van der Waals surface area contributed by atoms with Crippen LogP contribution >= 0.6 is 0 Å². The molecular weight excluding hydrogens is 278 g/mol. The zero-order chi connectivity index (χ0) is 16.6. The van der Waals surface area contributed by atoms with Crippen molar-refractivity contribution in [3.05, 3.63) is 0 Å². The van der Waals surface area contributed by atoms with E-state index in [1.807, 2.05) is 0 Å². The number of aliphatic hydroxyl groups is 3. The molecule has 0 aromatic heterocycles. The van der Waals surface area contributed by atoms with Crippen molar-refractivity contribution in [2.75, 3.05) is 6.61 Å². The highest BCUT2D eigenvalue weighted by Gasteiger charge is 2.22. The van der Waals surface area contributed by atoms with E-state index < -0.39 is 18.2 Å². The third kappa shape index (κ3) is 12.4. The zero-order valence-electron chi connectivity index (χ0n) is 14.6. The zero-order valence-corrected chi connectivity index (χ0v) is 14.6. The highest BCUT2D eigenvalue weighted by atomic mass is 16.3. The fourth-order valence-corrected chi connectivity index (χ4v) is 2.76. The molecule has 0 heterocycles. The Morgan fingerprint density at radius 3 is 1.55 bits per heavy atom. The van der Waals surface area contributed by atoms with Crippen LogP contribution in [0, 0.1) is 0 Å². The van der Waals surface area contributed by atoms with Crippen LogP contribution in [0.25, 0.3) is 0 Å². The Bertz CT molecular complexity index is 226. The quantitative estimate of drug-likeness (QED) is 0.329. The minimum atomic E-state index is -1.02. The summed E-state index contributed by atoms with van der Waals surface area (Å²) < 4.78 is 0. The summed E-state index contributed by atoms with van der Waals surface area (Å²) in [6, 6.07) is -0.743. The topological polar surface area (TPSA) is 86.7 Å². The van der Waals surface area contributed by atoms with E-state index in [1.54, 1.807) is 0 Å². The van der Waals surface area contributed by atoms with Crippen LogP contribution in [0.1, 0.15) is 90.4 Å².